The highest BCUT2D eigenvalue weighted by Gasteiger charge is 2.04. The van der Waals surface area contributed by atoms with E-state index in [1.54, 1.807) is 31.6 Å². The Labute approximate surface area is 121 Å². The average molecular weight is 289 g/mol. The molecule has 0 saturated carbocycles. The highest BCUT2D eigenvalue weighted by Crippen LogP contribution is 2.13. The topological polar surface area (TPSA) is 64.1 Å². The Bertz CT molecular complexity index is 563. The van der Waals surface area contributed by atoms with Gasteiger partial charge in [-0.05, 0) is 18.2 Å². The molecule has 0 aliphatic heterocycles. The van der Waals surface area contributed by atoms with E-state index in [0.717, 1.165) is 16.5 Å². The molecule has 0 radical (unpaired) electrons. The summed E-state index contributed by atoms with van der Waals surface area (Å²) in [7, 11) is 1.60. The Morgan fingerprint density at radius 1 is 1.30 bits per heavy atom. The maximum absolute atomic E-state index is 11.7. The standard InChI is InChI=1S/C14H15N3O2S/c1-19-12-5-7-15-11(8-12)9-17-13(18)10-20-14-4-2-3-6-16-14/h2-8H,9-10H2,1H3,(H,17,18). The lowest BCUT2D eigenvalue weighted by atomic mass is 10.3. The number of thioether (sulfide) groups is 1. The van der Waals surface area contributed by atoms with Crippen LogP contribution in [0.4, 0.5) is 0 Å². The molecule has 2 heterocycles. The maximum Gasteiger partial charge on any atom is 0.230 e. The van der Waals surface area contributed by atoms with Gasteiger partial charge in [0.15, 0.2) is 0 Å². The zero-order valence-corrected chi connectivity index (χ0v) is 11.9. The van der Waals surface area contributed by atoms with E-state index in [-0.39, 0.29) is 5.91 Å². The van der Waals surface area contributed by atoms with Gasteiger partial charge < -0.3 is 10.1 Å². The van der Waals surface area contributed by atoms with E-state index >= 15 is 0 Å². The summed E-state index contributed by atoms with van der Waals surface area (Å²) in [5.41, 5.74) is 0.764. The molecule has 0 aliphatic carbocycles. The normalized spacial score (nSPS) is 10.1. The fourth-order valence-electron chi connectivity index (χ4n) is 1.49. The van der Waals surface area contributed by atoms with Crippen LogP contribution in [0.25, 0.3) is 0 Å². The Kier molecular flexibility index (Phi) is 5.37. The number of aromatic nitrogens is 2. The fourth-order valence-corrected chi connectivity index (χ4v) is 2.18. The molecular weight excluding hydrogens is 274 g/mol. The molecule has 0 saturated heterocycles. The molecule has 0 atom stereocenters. The van der Waals surface area contributed by atoms with E-state index in [1.165, 1.54) is 11.8 Å². The van der Waals surface area contributed by atoms with Crippen LogP contribution in [0.5, 0.6) is 5.75 Å². The van der Waals surface area contributed by atoms with Crippen molar-refractivity contribution in [1.29, 1.82) is 0 Å². The minimum absolute atomic E-state index is 0.0507. The molecule has 20 heavy (non-hydrogen) atoms. The average Bonchev–Trinajstić information content (AvgIpc) is 2.52. The van der Waals surface area contributed by atoms with E-state index < -0.39 is 0 Å². The lowest BCUT2D eigenvalue weighted by molar-refractivity contribution is -0.118. The molecule has 0 fully saturated rings. The molecule has 0 spiro atoms. The number of methoxy groups -OCH3 is 1. The summed E-state index contributed by atoms with van der Waals surface area (Å²) in [5, 5.41) is 3.65. The molecular formula is C14H15N3O2S. The van der Waals surface area contributed by atoms with E-state index in [9.17, 15) is 4.79 Å². The second kappa shape index (κ2) is 7.49. The first kappa shape index (κ1) is 14.3. The summed E-state index contributed by atoms with van der Waals surface area (Å²) in [5.74, 6) is 1.01. The fraction of sp³-hybridized carbons (Fsp3) is 0.214. The van der Waals surface area contributed by atoms with Crippen LogP contribution < -0.4 is 10.1 Å². The number of carbonyl (C=O) groups is 1. The number of hydrogen-bond acceptors (Lipinski definition) is 5. The molecule has 0 aliphatic rings. The van der Waals surface area contributed by atoms with Gasteiger partial charge in [-0.25, -0.2) is 4.98 Å². The predicted octanol–water partition coefficient (Wildman–Crippen LogP) is 1.89. The SMILES string of the molecule is COc1ccnc(CNC(=O)CSc2ccccn2)c1. The Balaban J connectivity index is 1.77. The third kappa shape index (κ3) is 4.55. The number of ether oxygens (including phenoxy) is 1. The molecule has 2 rings (SSSR count). The van der Waals surface area contributed by atoms with Gasteiger partial charge in [-0.3, -0.25) is 9.78 Å². The number of nitrogens with zero attached hydrogens (tertiary/aromatic N) is 2. The van der Waals surface area contributed by atoms with Crippen LogP contribution in [0.1, 0.15) is 5.69 Å². The lowest BCUT2D eigenvalue weighted by Crippen LogP contribution is -2.25. The van der Waals surface area contributed by atoms with Gasteiger partial charge in [-0.1, -0.05) is 17.8 Å². The Morgan fingerprint density at radius 3 is 2.95 bits per heavy atom. The van der Waals surface area contributed by atoms with Crippen molar-refractivity contribution >= 4 is 17.7 Å². The predicted molar refractivity (Wildman–Crippen MR) is 77.6 cm³/mol. The van der Waals surface area contributed by atoms with Crippen LogP contribution in [0, 0.1) is 0 Å². The van der Waals surface area contributed by atoms with Crippen LogP contribution in [-0.4, -0.2) is 28.7 Å². The molecule has 0 unspecified atom stereocenters. The summed E-state index contributed by atoms with van der Waals surface area (Å²) in [6.07, 6.45) is 3.36. The van der Waals surface area contributed by atoms with Crippen LogP contribution in [-0.2, 0) is 11.3 Å². The van der Waals surface area contributed by atoms with E-state index in [2.05, 4.69) is 15.3 Å². The highest BCUT2D eigenvalue weighted by atomic mass is 32.2. The number of rotatable bonds is 6. The third-order valence-corrected chi connectivity index (χ3v) is 3.42. The molecule has 0 bridgehead atoms. The van der Waals surface area contributed by atoms with Gasteiger partial charge in [0.25, 0.3) is 0 Å². The van der Waals surface area contributed by atoms with Gasteiger partial charge in [0.1, 0.15) is 5.75 Å². The number of hydrogen-bond donors (Lipinski definition) is 1. The monoisotopic (exact) mass is 289 g/mol. The van der Waals surface area contributed by atoms with Crippen LogP contribution in [0.2, 0.25) is 0 Å². The van der Waals surface area contributed by atoms with Gasteiger partial charge in [0.2, 0.25) is 5.91 Å². The van der Waals surface area contributed by atoms with Gasteiger partial charge >= 0.3 is 0 Å². The van der Waals surface area contributed by atoms with Gasteiger partial charge in [-0.15, -0.1) is 0 Å². The minimum atomic E-state index is -0.0507. The van der Waals surface area contributed by atoms with Gasteiger partial charge in [0.05, 0.1) is 30.1 Å². The van der Waals surface area contributed by atoms with Crippen molar-refractivity contribution in [3.05, 3.63) is 48.4 Å². The van der Waals surface area contributed by atoms with Crippen LogP contribution in [0.15, 0.2) is 47.8 Å². The molecule has 1 amide bonds. The second-order valence-corrected chi connectivity index (χ2v) is 4.92. The molecule has 2 aromatic rings. The quantitative estimate of drug-likeness (QED) is 0.823. The molecule has 104 valence electrons. The largest absolute Gasteiger partial charge is 0.497 e. The zero-order chi connectivity index (χ0) is 14.2. The first-order valence-electron chi connectivity index (χ1n) is 6.07. The summed E-state index contributed by atoms with van der Waals surface area (Å²) in [6, 6.07) is 9.18. The molecule has 2 aromatic heterocycles. The summed E-state index contributed by atoms with van der Waals surface area (Å²) in [4.78, 5) is 20.0. The van der Waals surface area contributed by atoms with Gasteiger partial charge in [-0.2, -0.15) is 0 Å². The molecule has 5 nitrogen and oxygen atoms in total. The van der Waals surface area contributed by atoms with Crippen molar-refractivity contribution < 1.29 is 9.53 Å². The van der Waals surface area contributed by atoms with Crippen LogP contribution >= 0.6 is 11.8 Å². The van der Waals surface area contributed by atoms with Crippen LogP contribution in [0.3, 0.4) is 0 Å². The third-order valence-electron chi connectivity index (χ3n) is 2.48. The smallest absolute Gasteiger partial charge is 0.230 e. The second-order valence-electron chi connectivity index (χ2n) is 3.92. The highest BCUT2D eigenvalue weighted by molar-refractivity contribution is 7.99. The van der Waals surface area contributed by atoms with Crippen molar-refractivity contribution in [2.45, 2.75) is 11.6 Å². The first-order chi connectivity index (χ1) is 9.78. The maximum atomic E-state index is 11.7. The number of carbonyl (C=O) groups excluding carboxylic acids is 1. The summed E-state index contributed by atoms with van der Waals surface area (Å²) < 4.78 is 5.10. The summed E-state index contributed by atoms with van der Waals surface area (Å²) in [6.45, 7) is 0.388. The number of pyridine rings is 2. The van der Waals surface area contributed by atoms with E-state index in [4.69, 9.17) is 4.74 Å². The molecule has 6 heteroatoms. The van der Waals surface area contributed by atoms with E-state index in [0.29, 0.717) is 12.3 Å². The first-order valence-corrected chi connectivity index (χ1v) is 7.06. The number of nitrogens with one attached hydrogen (secondary N) is 1. The van der Waals surface area contributed by atoms with Crippen molar-refractivity contribution in [2.75, 3.05) is 12.9 Å². The number of amides is 1. The van der Waals surface area contributed by atoms with Crippen molar-refractivity contribution in [3.8, 4) is 5.75 Å². The van der Waals surface area contributed by atoms with Gasteiger partial charge in [0, 0.05) is 18.5 Å². The van der Waals surface area contributed by atoms with Crippen molar-refractivity contribution in [2.24, 2.45) is 0 Å². The minimum Gasteiger partial charge on any atom is -0.497 e. The molecule has 0 aromatic carbocycles. The summed E-state index contributed by atoms with van der Waals surface area (Å²) >= 11 is 1.40. The zero-order valence-electron chi connectivity index (χ0n) is 11.1. The Morgan fingerprint density at radius 2 is 2.20 bits per heavy atom. The lowest BCUT2D eigenvalue weighted by Gasteiger charge is -2.06. The van der Waals surface area contributed by atoms with E-state index in [1.807, 2.05) is 18.2 Å². The Hall–Kier alpha value is -2.08. The van der Waals surface area contributed by atoms with Crippen molar-refractivity contribution in [3.63, 3.8) is 0 Å². The van der Waals surface area contributed by atoms with Crippen molar-refractivity contribution in [1.82, 2.24) is 15.3 Å². The molecule has 1 N–H and O–H groups in total.